The van der Waals surface area contributed by atoms with Crippen LogP contribution in [0.2, 0.25) is 5.02 Å². The van der Waals surface area contributed by atoms with E-state index in [1.807, 2.05) is 31.2 Å². The molecule has 0 aliphatic carbocycles. The van der Waals surface area contributed by atoms with E-state index < -0.39 is 0 Å². The zero-order chi connectivity index (χ0) is 10.4. The van der Waals surface area contributed by atoms with Gasteiger partial charge in [-0.3, -0.25) is 0 Å². The van der Waals surface area contributed by atoms with Crippen LogP contribution in [0.15, 0.2) is 30.4 Å². The Morgan fingerprint density at radius 2 is 2.29 bits per heavy atom. The zero-order valence-corrected chi connectivity index (χ0v) is 8.92. The zero-order valence-electron chi connectivity index (χ0n) is 8.16. The Morgan fingerprint density at radius 3 is 2.93 bits per heavy atom. The second-order valence-electron chi connectivity index (χ2n) is 2.81. The number of benzene rings is 1. The van der Waals surface area contributed by atoms with Gasteiger partial charge in [-0.1, -0.05) is 35.9 Å². The van der Waals surface area contributed by atoms with E-state index in [0.717, 1.165) is 5.56 Å². The second-order valence-corrected chi connectivity index (χ2v) is 3.22. The molecule has 0 radical (unpaired) electrons. The number of nitrogens with two attached hydrogens (primary N) is 1. The van der Waals surface area contributed by atoms with Crippen molar-refractivity contribution in [3.8, 4) is 5.75 Å². The van der Waals surface area contributed by atoms with Crippen LogP contribution in [0.4, 0.5) is 0 Å². The van der Waals surface area contributed by atoms with E-state index in [9.17, 15) is 0 Å². The number of allylic oxidation sites excluding steroid dienone is 1. The fourth-order valence-electron chi connectivity index (χ4n) is 1.10. The molecule has 1 aromatic carbocycles. The van der Waals surface area contributed by atoms with Crippen molar-refractivity contribution >= 4 is 11.6 Å². The first-order chi connectivity index (χ1) is 6.79. The third-order valence-electron chi connectivity index (χ3n) is 1.83. The Bertz CT molecular complexity index is 323. The van der Waals surface area contributed by atoms with Crippen molar-refractivity contribution in [1.82, 2.24) is 0 Å². The van der Waals surface area contributed by atoms with E-state index in [1.54, 1.807) is 6.07 Å². The van der Waals surface area contributed by atoms with Crippen LogP contribution in [0.25, 0.3) is 0 Å². The molecular weight excluding hydrogens is 198 g/mol. The summed E-state index contributed by atoms with van der Waals surface area (Å²) in [5, 5.41) is 0.609. The molecule has 0 spiro atoms. The number of ether oxygens (including phenoxy) is 1. The van der Waals surface area contributed by atoms with E-state index in [-0.39, 0.29) is 0 Å². The summed E-state index contributed by atoms with van der Waals surface area (Å²) in [6.45, 7) is 2.90. The molecule has 0 saturated heterocycles. The number of rotatable bonds is 4. The Hall–Kier alpha value is -0.990. The van der Waals surface area contributed by atoms with Gasteiger partial charge >= 0.3 is 0 Å². The molecule has 0 heterocycles. The summed E-state index contributed by atoms with van der Waals surface area (Å²) in [7, 11) is 0. The molecule has 0 saturated carbocycles. The fourth-order valence-corrected chi connectivity index (χ4v) is 1.35. The predicted molar refractivity (Wildman–Crippen MR) is 59.7 cm³/mol. The molecule has 0 unspecified atom stereocenters. The topological polar surface area (TPSA) is 35.2 Å². The molecule has 0 amide bonds. The van der Waals surface area contributed by atoms with E-state index in [0.29, 0.717) is 23.9 Å². The monoisotopic (exact) mass is 211 g/mol. The van der Waals surface area contributed by atoms with Crippen molar-refractivity contribution in [1.29, 1.82) is 0 Å². The summed E-state index contributed by atoms with van der Waals surface area (Å²) in [5.41, 5.74) is 6.50. The third kappa shape index (κ3) is 2.76. The maximum Gasteiger partial charge on any atom is 0.142 e. The molecular formula is C11H14ClNO. The highest BCUT2D eigenvalue weighted by Gasteiger charge is 2.05. The normalized spacial score (nSPS) is 10.8. The summed E-state index contributed by atoms with van der Waals surface area (Å²) in [6, 6.07) is 5.58. The molecule has 0 aromatic heterocycles. The van der Waals surface area contributed by atoms with Crippen LogP contribution < -0.4 is 10.5 Å². The van der Waals surface area contributed by atoms with E-state index in [1.165, 1.54) is 0 Å². The molecule has 0 aliphatic rings. The van der Waals surface area contributed by atoms with Crippen molar-refractivity contribution in [2.75, 3.05) is 6.61 Å². The van der Waals surface area contributed by atoms with Crippen LogP contribution in [-0.4, -0.2) is 6.61 Å². The van der Waals surface area contributed by atoms with Gasteiger partial charge in [0.15, 0.2) is 0 Å². The highest BCUT2D eigenvalue weighted by atomic mass is 35.5. The number of para-hydroxylation sites is 1. The maximum absolute atomic E-state index is 5.98. The maximum atomic E-state index is 5.98. The Balaban J connectivity index is 2.82. The third-order valence-corrected chi connectivity index (χ3v) is 2.13. The van der Waals surface area contributed by atoms with Crippen molar-refractivity contribution < 1.29 is 4.74 Å². The molecule has 3 heteroatoms. The quantitative estimate of drug-likeness (QED) is 0.778. The molecule has 0 aliphatic heterocycles. The van der Waals surface area contributed by atoms with Gasteiger partial charge in [-0.15, -0.1) is 0 Å². The lowest BCUT2D eigenvalue weighted by atomic mass is 10.2. The molecule has 0 atom stereocenters. The average molecular weight is 212 g/mol. The smallest absolute Gasteiger partial charge is 0.142 e. The van der Waals surface area contributed by atoms with Crippen LogP contribution in [0.5, 0.6) is 5.75 Å². The van der Waals surface area contributed by atoms with Crippen LogP contribution >= 0.6 is 11.6 Å². The Kier molecular flexibility index (Phi) is 4.50. The van der Waals surface area contributed by atoms with Crippen LogP contribution in [0.1, 0.15) is 12.5 Å². The minimum Gasteiger partial charge on any atom is -0.488 e. The van der Waals surface area contributed by atoms with Crippen molar-refractivity contribution in [2.45, 2.75) is 13.5 Å². The SMILES string of the molecule is C/C=C/COc1c(Cl)cccc1CN. The first-order valence-electron chi connectivity index (χ1n) is 4.51. The van der Waals surface area contributed by atoms with Crippen molar-refractivity contribution in [3.63, 3.8) is 0 Å². The standard InChI is InChI=1S/C11H14ClNO/c1-2-3-7-14-11-9(8-13)5-4-6-10(11)12/h2-6H,7-8,13H2,1H3/b3-2+. The first-order valence-corrected chi connectivity index (χ1v) is 4.88. The van der Waals surface area contributed by atoms with Crippen molar-refractivity contribution in [2.24, 2.45) is 5.73 Å². The molecule has 0 fully saturated rings. The Labute approximate surface area is 89.3 Å². The highest BCUT2D eigenvalue weighted by molar-refractivity contribution is 6.32. The second kappa shape index (κ2) is 5.68. The lowest BCUT2D eigenvalue weighted by Gasteiger charge is -2.10. The molecule has 76 valence electrons. The van der Waals surface area contributed by atoms with Gasteiger partial charge in [-0.2, -0.15) is 0 Å². The largest absolute Gasteiger partial charge is 0.488 e. The van der Waals surface area contributed by atoms with Gasteiger partial charge in [0.1, 0.15) is 12.4 Å². The van der Waals surface area contributed by atoms with Gasteiger partial charge in [0.25, 0.3) is 0 Å². The molecule has 2 nitrogen and oxygen atoms in total. The van der Waals surface area contributed by atoms with Gasteiger partial charge in [0.2, 0.25) is 0 Å². The van der Waals surface area contributed by atoms with Crippen LogP contribution in [0.3, 0.4) is 0 Å². The number of halogens is 1. The van der Waals surface area contributed by atoms with E-state index in [2.05, 4.69) is 0 Å². The van der Waals surface area contributed by atoms with Crippen LogP contribution in [-0.2, 0) is 6.54 Å². The summed E-state index contributed by atoms with van der Waals surface area (Å²) in [6.07, 6.45) is 3.85. The molecule has 1 aromatic rings. The summed E-state index contributed by atoms with van der Waals surface area (Å²) in [5.74, 6) is 0.690. The molecule has 0 bridgehead atoms. The van der Waals surface area contributed by atoms with Gasteiger partial charge in [0.05, 0.1) is 5.02 Å². The van der Waals surface area contributed by atoms with Crippen LogP contribution in [0, 0.1) is 0 Å². The fraction of sp³-hybridized carbons (Fsp3) is 0.273. The predicted octanol–water partition coefficient (Wildman–Crippen LogP) is 2.75. The van der Waals surface area contributed by atoms with Gasteiger partial charge in [0, 0.05) is 12.1 Å². The molecule has 2 N–H and O–H groups in total. The molecule has 1 rings (SSSR count). The summed E-state index contributed by atoms with van der Waals surface area (Å²) >= 11 is 5.98. The first kappa shape index (κ1) is 11.1. The number of hydrogen-bond acceptors (Lipinski definition) is 2. The average Bonchev–Trinajstić information content (AvgIpc) is 2.20. The van der Waals surface area contributed by atoms with E-state index >= 15 is 0 Å². The summed E-state index contributed by atoms with van der Waals surface area (Å²) < 4.78 is 5.50. The van der Waals surface area contributed by atoms with E-state index in [4.69, 9.17) is 22.1 Å². The molecule has 14 heavy (non-hydrogen) atoms. The summed E-state index contributed by atoms with van der Waals surface area (Å²) in [4.78, 5) is 0. The minimum atomic E-state index is 0.436. The lowest BCUT2D eigenvalue weighted by Crippen LogP contribution is -2.02. The van der Waals surface area contributed by atoms with Crippen molar-refractivity contribution in [3.05, 3.63) is 40.9 Å². The minimum absolute atomic E-state index is 0.436. The van der Waals surface area contributed by atoms with Gasteiger partial charge < -0.3 is 10.5 Å². The number of hydrogen-bond donors (Lipinski definition) is 1. The highest BCUT2D eigenvalue weighted by Crippen LogP contribution is 2.28. The van der Waals surface area contributed by atoms with Gasteiger partial charge in [-0.05, 0) is 13.0 Å². The van der Waals surface area contributed by atoms with Gasteiger partial charge in [-0.25, -0.2) is 0 Å². The lowest BCUT2D eigenvalue weighted by molar-refractivity contribution is 0.359. The Morgan fingerprint density at radius 1 is 1.50 bits per heavy atom.